The molecule has 0 unspecified atom stereocenters. The number of nitrogens with zero attached hydrogens (tertiary/aromatic N) is 1. The first-order chi connectivity index (χ1) is 7.68. The minimum atomic E-state index is -0.162. The second-order valence-corrected chi connectivity index (χ2v) is 5.65. The minimum absolute atomic E-state index is 0.162. The van der Waals surface area contributed by atoms with Crippen molar-refractivity contribution in [3.8, 4) is 0 Å². The average molecular weight is 224 g/mol. The molecular formula is C13H24N2O. The highest BCUT2D eigenvalue weighted by atomic mass is 16.2. The summed E-state index contributed by atoms with van der Waals surface area (Å²) in [7, 11) is 1.94. The van der Waals surface area contributed by atoms with E-state index < -0.39 is 0 Å². The van der Waals surface area contributed by atoms with E-state index in [2.05, 4.69) is 0 Å². The molecule has 2 aliphatic rings. The summed E-state index contributed by atoms with van der Waals surface area (Å²) in [6.45, 7) is 1.45. The molecule has 2 saturated carbocycles. The fourth-order valence-electron chi connectivity index (χ4n) is 2.84. The number of hydrogen-bond acceptors (Lipinski definition) is 2. The van der Waals surface area contributed by atoms with Gasteiger partial charge in [-0.1, -0.05) is 25.7 Å². The van der Waals surface area contributed by atoms with Gasteiger partial charge in [-0.05, 0) is 25.2 Å². The van der Waals surface area contributed by atoms with Gasteiger partial charge in [0.15, 0.2) is 0 Å². The molecule has 2 N–H and O–H groups in total. The Labute approximate surface area is 98.4 Å². The summed E-state index contributed by atoms with van der Waals surface area (Å²) in [6, 6.07) is 0. The van der Waals surface area contributed by atoms with E-state index in [1.807, 2.05) is 11.9 Å². The molecule has 2 rings (SSSR count). The number of amides is 1. The molecule has 0 aromatic heterocycles. The first-order valence-electron chi connectivity index (χ1n) is 6.63. The van der Waals surface area contributed by atoms with E-state index in [0.717, 1.165) is 25.3 Å². The normalized spacial score (nSPS) is 23.4. The highest BCUT2D eigenvalue weighted by Crippen LogP contribution is 2.46. The van der Waals surface area contributed by atoms with Crippen molar-refractivity contribution in [2.45, 2.75) is 44.9 Å². The van der Waals surface area contributed by atoms with E-state index in [9.17, 15) is 4.79 Å². The number of rotatable bonds is 5. The van der Waals surface area contributed by atoms with Crippen LogP contribution >= 0.6 is 0 Å². The van der Waals surface area contributed by atoms with Crippen molar-refractivity contribution in [2.75, 3.05) is 20.1 Å². The van der Waals surface area contributed by atoms with Gasteiger partial charge in [0.2, 0.25) is 5.91 Å². The predicted molar refractivity (Wildman–Crippen MR) is 64.9 cm³/mol. The van der Waals surface area contributed by atoms with Crippen LogP contribution in [0.25, 0.3) is 0 Å². The molecule has 3 heteroatoms. The van der Waals surface area contributed by atoms with Crippen molar-refractivity contribution >= 4 is 5.91 Å². The maximum Gasteiger partial charge on any atom is 0.229 e. The van der Waals surface area contributed by atoms with Gasteiger partial charge >= 0.3 is 0 Å². The molecule has 92 valence electrons. The van der Waals surface area contributed by atoms with Crippen molar-refractivity contribution in [2.24, 2.45) is 17.1 Å². The molecule has 0 spiro atoms. The quantitative estimate of drug-likeness (QED) is 0.773. The van der Waals surface area contributed by atoms with Crippen LogP contribution in [0.15, 0.2) is 0 Å². The molecule has 16 heavy (non-hydrogen) atoms. The monoisotopic (exact) mass is 224 g/mol. The summed E-state index contributed by atoms with van der Waals surface area (Å²) < 4.78 is 0. The Morgan fingerprint density at radius 3 is 2.50 bits per heavy atom. The largest absolute Gasteiger partial charge is 0.345 e. The van der Waals surface area contributed by atoms with Gasteiger partial charge in [0.1, 0.15) is 0 Å². The Bertz CT molecular complexity index is 255. The second-order valence-electron chi connectivity index (χ2n) is 5.65. The Morgan fingerprint density at radius 1 is 1.38 bits per heavy atom. The van der Waals surface area contributed by atoms with E-state index in [0.29, 0.717) is 6.54 Å². The van der Waals surface area contributed by atoms with Gasteiger partial charge in [0.05, 0.1) is 5.41 Å². The molecular weight excluding hydrogens is 200 g/mol. The summed E-state index contributed by atoms with van der Waals surface area (Å²) in [5.41, 5.74) is 5.52. The van der Waals surface area contributed by atoms with Crippen LogP contribution in [0.4, 0.5) is 0 Å². The fourth-order valence-corrected chi connectivity index (χ4v) is 2.84. The van der Waals surface area contributed by atoms with Crippen LogP contribution in [-0.2, 0) is 4.79 Å². The molecule has 1 amide bonds. The van der Waals surface area contributed by atoms with E-state index in [1.165, 1.54) is 32.1 Å². The number of carbonyl (C=O) groups excluding carboxylic acids is 1. The average Bonchev–Trinajstić information content (AvgIpc) is 2.94. The number of hydrogen-bond donors (Lipinski definition) is 1. The van der Waals surface area contributed by atoms with Gasteiger partial charge in [-0.15, -0.1) is 0 Å². The lowest BCUT2D eigenvalue weighted by atomic mass is 10.0. The van der Waals surface area contributed by atoms with Crippen molar-refractivity contribution in [1.82, 2.24) is 4.90 Å². The van der Waals surface area contributed by atoms with Crippen molar-refractivity contribution in [1.29, 1.82) is 0 Å². The van der Waals surface area contributed by atoms with Gasteiger partial charge in [0, 0.05) is 20.1 Å². The Hall–Kier alpha value is -0.570. The highest BCUT2D eigenvalue weighted by molar-refractivity contribution is 5.85. The molecule has 0 radical (unpaired) electrons. The van der Waals surface area contributed by atoms with E-state index in [-0.39, 0.29) is 11.3 Å². The molecule has 3 nitrogen and oxygen atoms in total. The molecule has 0 aromatic rings. The van der Waals surface area contributed by atoms with Crippen molar-refractivity contribution < 1.29 is 4.79 Å². The third-order valence-electron chi connectivity index (χ3n) is 4.39. The smallest absolute Gasteiger partial charge is 0.229 e. The molecule has 0 atom stereocenters. The number of carbonyl (C=O) groups is 1. The zero-order valence-corrected chi connectivity index (χ0v) is 10.4. The zero-order chi connectivity index (χ0) is 11.6. The lowest BCUT2D eigenvalue weighted by molar-refractivity contribution is -0.135. The Morgan fingerprint density at radius 2 is 2.00 bits per heavy atom. The number of nitrogens with two attached hydrogens (primary N) is 1. The molecule has 0 saturated heterocycles. The van der Waals surface area contributed by atoms with Gasteiger partial charge in [-0.25, -0.2) is 0 Å². The minimum Gasteiger partial charge on any atom is -0.345 e. The van der Waals surface area contributed by atoms with Crippen LogP contribution in [0.5, 0.6) is 0 Å². The molecule has 2 aliphatic carbocycles. The molecule has 0 bridgehead atoms. The van der Waals surface area contributed by atoms with E-state index in [4.69, 9.17) is 5.73 Å². The van der Waals surface area contributed by atoms with Crippen LogP contribution in [-0.4, -0.2) is 30.9 Å². The molecule has 0 aromatic carbocycles. The Balaban J connectivity index is 1.74. The Kier molecular flexibility index (Phi) is 3.53. The van der Waals surface area contributed by atoms with Crippen LogP contribution in [0.1, 0.15) is 44.9 Å². The van der Waals surface area contributed by atoms with Crippen LogP contribution in [0.2, 0.25) is 0 Å². The lowest BCUT2D eigenvalue weighted by Crippen LogP contribution is -2.38. The lowest BCUT2D eigenvalue weighted by Gasteiger charge is -2.23. The maximum atomic E-state index is 12.1. The van der Waals surface area contributed by atoms with Crippen LogP contribution in [0, 0.1) is 11.3 Å². The summed E-state index contributed by atoms with van der Waals surface area (Å²) in [6.07, 6.45) is 8.67. The fraction of sp³-hybridized carbons (Fsp3) is 0.923. The topological polar surface area (TPSA) is 46.3 Å². The summed E-state index contributed by atoms with van der Waals surface area (Å²) >= 11 is 0. The summed E-state index contributed by atoms with van der Waals surface area (Å²) in [5, 5.41) is 0. The standard InChI is InChI=1S/C13H24N2O/c1-15(9-6-11-4-2-3-5-11)12(16)13(10-14)7-8-13/h11H,2-10,14H2,1H3. The predicted octanol–water partition coefficient (Wildman–Crippen LogP) is 1.76. The maximum absolute atomic E-state index is 12.1. The second kappa shape index (κ2) is 4.74. The molecule has 0 aliphatic heterocycles. The third-order valence-corrected chi connectivity index (χ3v) is 4.39. The van der Waals surface area contributed by atoms with E-state index >= 15 is 0 Å². The van der Waals surface area contributed by atoms with E-state index in [1.54, 1.807) is 0 Å². The third kappa shape index (κ3) is 2.40. The van der Waals surface area contributed by atoms with Crippen molar-refractivity contribution in [3.63, 3.8) is 0 Å². The SMILES string of the molecule is CN(CCC1CCCC1)C(=O)C1(CN)CC1. The van der Waals surface area contributed by atoms with Gasteiger partial charge < -0.3 is 10.6 Å². The first-order valence-corrected chi connectivity index (χ1v) is 6.63. The van der Waals surface area contributed by atoms with Crippen molar-refractivity contribution in [3.05, 3.63) is 0 Å². The summed E-state index contributed by atoms with van der Waals surface area (Å²) in [5.74, 6) is 1.15. The van der Waals surface area contributed by atoms with Gasteiger partial charge in [-0.2, -0.15) is 0 Å². The summed E-state index contributed by atoms with van der Waals surface area (Å²) in [4.78, 5) is 14.0. The molecule has 0 heterocycles. The van der Waals surface area contributed by atoms with Crippen LogP contribution in [0.3, 0.4) is 0 Å². The van der Waals surface area contributed by atoms with Gasteiger partial charge in [0.25, 0.3) is 0 Å². The highest BCUT2D eigenvalue weighted by Gasteiger charge is 2.49. The zero-order valence-electron chi connectivity index (χ0n) is 10.4. The molecule has 2 fully saturated rings. The first kappa shape index (κ1) is 11.9. The van der Waals surface area contributed by atoms with Gasteiger partial charge in [-0.3, -0.25) is 4.79 Å². The van der Waals surface area contributed by atoms with Crippen LogP contribution < -0.4 is 5.73 Å².